The molecule has 0 aromatic carbocycles. The number of pyridine rings is 11. The average molecular weight is 1810 g/mol. The molecule has 2 N–H and O–H groups in total. The van der Waals surface area contributed by atoms with Crippen molar-refractivity contribution in [2.45, 2.75) is 104 Å². The Kier molecular flexibility index (Phi) is 30.4. The smallest absolute Gasteiger partial charge is 0.477 e. The topological polar surface area (TPSA) is 323 Å². The number of amides is 4. The number of carbonyl (C=O) groups is 5. The van der Waals surface area contributed by atoms with Crippen molar-refractivity contribution in [3.05, 3.63) is 226 Å². The van der Waals surface area contributed by atoms with Crippen LogP contribution in [0.25, 0.3) is 88.3 Å². The van der Waals surface area contributed by atoms with Crippen LogP contribution in [-0.4, -0.2) is 227 Å². The van der Waals surface area contributed by atoms with E-state index in [1.54, 1.807) is 136 Å². The predicted molar refractivity (Wildman–Crippen MR) is 484 cm³/mol. The van der Waals surface area contributed by atoms with Crippen LogP contribution in [0.15, 0.2) is 192 Å². The Hall–Kier alpha value is -11.0. The summed E-state index contributed by atoms with van der Waals surface area (Å²) in [6, 6.07) is 37.3. The van der Waals surface area contributed by atoms with Crippen LogP contribution in [0, 0.1) is 0 Å². The molecule has 1 aliphatic rings. The minimum Gasteiger partial charge on any atom is -0.477 e. The van der Waals surface area contributed by atoms with Gasteiger partial charge in [-0.2, -0.15) is 0 Å². The molecule has 0 radical (unpaired) electrons. The Morgan fingerprint density at radius 2 is 0.850 bits per heavy atom. The van der Waals surface area contributed by atoms with E-state index in [9.17, 15) is 24.0 Å². The lowest BCUT2D eigenvalue weighted by atomic mass is 9.80. The summed E-state index contributed by atoms with van der Waals surface area (Å²) >= 11 is 12.4. The zero-order chi connectivity index (χ0) is 87.1. The maximum absolute atomic E-state index is 12.1. The number of carbonyl (C=O) groups excluding carboxylic acids is 4. The van der Waals surface area contributed by atoms with E-state index in [2.05, 4.69) is 141 Å². The largest absolute Gasteiger partial charge is 0.496 e. The fourth-order valence-corrected chi connectivity index (χ4v) is 13.9. The summed E-state index contributed by atoms with van der Waals surface area (Å²) in [5.74, 6) is -1.45. The van der Waals surface area contributed by atoms with E-state index in [0.717, 1.165) is 128 Å². The van der Waals surface area contributed by atoms with E-state index in [1.807, 2.05) is 113 Å². The molecule has 0 unspecified atom stereocenters. The quantitative estimate of drug-likeness (QED) is 0.0458. The van der Waals surface area contributed by atoms with Gasteiger partial charge in [0.15, 0.2) is 0 Å². The fourth-order valence-electron chi connectivity index (χ4n) is 11.8. The third-order valence-electron chi connectivity index (χ3n) is 19.3. The van der Waals surface area contributed by atoms with Gasteiger partial charge in [-0.25, -0.2) is 29.7 Å². The Labute approximate surface area is 721 Å². The number of ether oxygens (including phenoxy) is 2. The van der Waals surface area contributed by atoms with Crippen LogP contribution in [0.5, 0.6) is 0 Å². The number of nitrogens with zero attached hydrogens (tertiary/aromatic N) is 17. The highest BCUT2D eigenvalue weighted by Crippen LogP contribution is 2.37. The maximum atomic E-state index is 12.1. The summed E-state index contributed by atoms with van der Waals surface area (Å²) in [5, 5.41) is 15.2. The van der Waals surface area contributed by atoms with Gasteiger partial charge in [0.25, 0.3) is 23.6 Å². The molecule has 34 heteroatoms. The highest BCUT2D eigenvalue weighted by atomic mass is 79.9. The number of fused-ring (bicyclic) bond motifs is 9. The van der Waals surface area contributed by atoms with Crippen LogP contribution in [-0.2, 0) is 32.2 Å². The molecule has 1 saturated heterocycles. The first kappa shape index (κ1) is 91.3. The van der Waals surface area contributed by atoms with E-state index in [1.165, 1.54) is 31.9 Å². The van der Waals surface area contributed by atoms with E-state index >= 15 is 0 Å². The molecule has 0 saturated carbocycles. The van der Waals surface area contributed by atoms with Crippen molar-refractivity contribution in [1.82, 2.24) is 88.5 Å². The van der Waals surface area contributed by atoms with Crippen molar-refractivity contribution < 1.29 is 47.9 Å². The van der Waals surface area contributed by atoms with E-state index < -0.39 is 29.2 Å². The molecule has 120 heavy (non-hydrogen) atoms. The number of rotatable bonds is 18. The minimum absolute atomic E-state index is 0.0585. The number of aromatic nitrogens is 14. The van der Waals surface area contributed by atoms with Gasteiger partial charge in [0.05, 0.1) is 39.1 Å². The summed E-state index contributed by atoms with van der Waals surface area (Å²) in [7, 11) is 11.0. The highest BCUT2D eigenvalue weighted by molar-refractivity contribution is 9.10. The van der Waals surface area contributed by atoms with Crippen molar-refractivity contribution >= 4 is 168 Å². The first-order valence-electron chi connectivity index (χ1n) is 38.4. The Morgan fingerprint density at radius 1 is 0.458 bits per heavy atom. The molecular formula is C86H98BBr2ClN18O10Si2. The van der Waals surface area contributed by atoms with Gasteiger partial charge >= 0.3 is 13.1 Å². The highest BCUT2D eigenvalue weighted by Gasteiger charge is 2.52. The van der Waals surface area contributed by atoms with E-state index in [4.69, 9.17) is 40.5 Å². The summed E-state index contributed by atoms with van der Waals surface area (Å²) in [6.45, 7) is 24.6. The van der Waals surface area contributed by atoms with Gasteiger partial charge < -0.3 is 57.6 Å². The number of hydrogen-bond donors (Lipinski definition) is 2. The lowest BCUT2D eigenvalue weighted by molar-refractivity contribution is 0.00578. The molecule has 624 valence electrons. The third kappa shape index (κ3) is 23.5. The van der Waals surface area contributed by atoms with Gasteiger partial charge in [-0.15, -0.1) is 0 Å². The first-order chi connectivity index (χ1) is 56.8. The fraction of sp³-hybridized carbons (Fsp3) is 0.302. The number of H-pyrrole nitrogens is 1. The van der Waals surface area contributed by atoms with Crippen LogP contribution < -0.4 is 5.46 Å². The average Bonchev–Trinajstić information content (AvgIpc) is 1.63. The predicted octanol–water partition coefficient (Wildman–Crippen LogP) is 16.3. The standard InChI is InChI=1S/C24H29N5O2Si.C18H15N5O.C16H20ClN3OSi.C14H21BN2O3.C8H9BrN2O.C6H4BrNO2/c1-28(2)24(30)21-8-6-17(14-26-21)20-9-7-18-19-15-25-11-10-22(19)29(23(18)27-20)16-31-12-13-32(3,4)5;1-23(2)18(24)16-5-3-11(9-20-16)14-6-4-12-13-10-19-8-7-15(13)22-17(12)21-14;1-22(2,3)9-8-21-11-20-14-6-7-18-10-13(14)12-4-5-15(17)19-16(12)20;1-13(2)14(3,4)20-15(19-13)10-7-8-11(16-9-10)12(18)17(5)6;1-11(2)8(12)7-4-3-6(9)5-10-7;7-4-1-2-5(6(9)10)8-3-4/h6-11,14-15H,12-13,16H2,1-5H3;3-10H,1-2H3,(H,21,22);4-7,10H,8-9,11H2,1-3H3;7-9H,1-6H3;3-5H,1-2H3;1-3H,(H,9,10). The molecule has 1 fully saturated rings. The second kappa shape index (κ2) is 39.9. The van der Waals surface area contributed by atoms with Gasteiger partial charge in [0.1, 0.15) is 64.0 Å². The zero-order valence-electron chi connectivity index (χ0n) is 70.5. The summed E-state index contributed by atoms with van der Waals surface area (Å²) < 4.78 is 29.7. The van der Waals surface area contributed by atoms with Crippen LogP contribution in [0.1, 0.15) is 80.1 Å². The Morgan fingerprint density at radius 3 is 1.26 bits per heavy atom. The van der Waals surface area contributed by atoms with Crippen molar-refractivity contribution in [2.24, 2.45) is 0 Å². The minimum atomic E-state index is -1.15. The Balaban J connectivity index is 0.000000157. The zero-order valence-corrected chi connectivity index (χ0v) is 76.4. The molecule has 15 rings (SSSR count). The molecule has 14 aromatic heterocycles. The van der Waals surface area contributed by atoms with Crippen molar-refractivity contribution in [2.75, 3.05) is 69.6 Å². The number of nitrogens with one attached hydrogen (secondary N) is 1. The van der Waals surface area contributed by atoms with Crippen LogP contribution >= 0.6 is 43.5 Å². The van der Waals surface area contributed by atoms with Crippen molar-refractivity contribution in [3.8, 4) is 22.5 Å². The normalized spacial score (nSPS) is 12.7. The second-order valence-electron chi connectivity index (χ2n) is 32.3. The summed E-state index contributed by atoms with van der Waals surface area (Å²) in [6.07, 6.45) is 19.0. The van der Waals surface area contributed by atoms with Crippen LogP contribution in [0.2, 0.25) is 56.5 Å². The summed E-state index contributed by atoms with van der Waals surface area (Å²) in [4.78, 5) is 114. The maximum Gasteiger partial charge on any atom is 0.496 e. The van der Waals surface area contributed by atoms with Crippen molar-refractivity contribution in [1.29, 1.82) is 0 Å². The third-order valence-corrected chi connectivity index (χ3v) is 23.8. The molecule has 0 aliphatic carbocycles. The Bertz CT molecular complexity index is 5920. The first-order valence-corrected chi connectivity index (χ1v) is 47.7. The molecule has 4 amide bonds. The SMILES string of the molecule is CN(C)C(=O)c1ccc(-c2ccc3c(n2)[nH]c2ccncc23)cn1.CN(C)C(=O)c1ccc(-c2ccc3c4cnccc4n(COCC[Si](C)(C)C)c3n2)cn1.CN(C)C(=O)c1ccc(B2OC(C)(C)C(C)(C)O2)cn1.CN(C)C(=O)c1ccc(Br)cn1.C[Si](C)(C)CCOCn1c2ccncc2c2ccc(Cl)nc21.O=C(O)c1ccc(Br)cn1. The number of carboxylic acids is 1. The molecule has 15 heterocycles. The molecule has 1 aliphatic heterocycles. The van der Waals surface area contributed by atoms with Gasteiger partial charge in [0.2, 0.25) is 0 Å². The van der Waals surface area contributed by atoms with Crippen molar-refractivity contribution in [3.63, 3.8) is 0 Å². The van der Waals surface area contributed by atoms with Crippen LogP contribution in [0.4, 0.5) is 0 Å². The number of aromatic carboxylic acids is 1. The molecule has 28 nitrogen and oxygen atoms in total. The molecule has 14 aromatic rings. The van der Waals surface area contributed by atoms with E-state index in [0.29, 0.717) is 41.4 Å². The molecule has 0 spiro atoms. The number of aromatic amines is 1. The number of carboxylic acid groups (broad SMARTS) is 1. The van der Waals surface area contributed by atoms with Gasteiger partial charge in [0, 0.05) is 212 Å². The van der Waals surface area contributed by atoms with Crippen LogP contribution in [0.3, 0.4) is 0 Å². The van der Waals surface area contributed by atoms with E-state index in [-0.39, 0.29) is 40.5 Å². The van der Waals surface area contributed by atoms with Gasteiger partial charge in [-0.1, -0.05) is 56.9 Å². The van der Waals surface area contributed by atoms with Gasteiger partial charge in [-0.05, 0) is 181 Å². The van der Waals surface area contributed by atoms with Gasteiger partial charge in [-0.3, -0.25) is 49.1 Å². The second-order valence-corrected chi connectivity index (χ2v) is 45.8. The number of halogens is 3. The lowest BCUT2D eigenvalue weighted by Crippen LogP contribution is -2.41. The summed E-state index contributed by atoms with van der Waals surface area (Å²) in [5.41, 5.74) is 10.8. The molecule has 0 bridgehead atoms. The number of hydrogen-bond acceptors (Lipinski definition) is 20. The molecular weight excluding hydrogens is 1710 g/mol. The lowest BCUT2D eigenvalue weighted by Gasteiger charge is -2.32. The monoisotopic (exact) mass is 1800 g/mol. The molecule has 0 atom stereocenters.